The first-order chi connectivity index (χ1) is 11.3. The summed E-state index contributed by atoms with van der Waals surface area (Å²) in [4.78, 5) is 6.71. The van der Waals surface area contributed by atoms with Crippen molar-refractivity contribution in [1.82, 2.24) is 10.2 Å². The lowest BCUT2D eigenvalue weighted by Gasteiger charge is -2.32. The molecule has 5 heteroatoms. The predicted molar refractivity (Wildman–Crippen MR) is 110 cm³/mol. The van der Waals surface area contributed by atoms with Gasteiger partial charge < -0.3 is 15.0 Å². The van der Waals surface area contributed by atoms with Gasteiger partial charge in [0, 0.05) is 46.3 Å². The van der Waals surface area contributed by atoms with Crippen molar-refractivity contribution in [2.45, 2.75) is 31.6 Å². The molecule has 1 heterocycles. The third kappa shape index (κ3) is 4.85. The summed E-state index contributed by atoms with van der Waals surface area (Å²) in [7, 11) is 4.02. The quantitative estimate of drug-likeness (QED) is 0.431. The van der Waals surface area contributed by atoms with E-state index in [9.17, 15) is 0 Å². The lowest BCUT2D eigenvalue weighted by atomic mass is 9.78. The van der Waals surface area contributed by atoms with E-state index in [0.717, 1.165) is 38.2 Å². The Hall–Kier alpha value is -0.820. The molecule has 1 aliphatic carbocycles. The predicted octanol–water partition coefficient (Wildman–Crippen LogP) is 3.27. The Labute approximate surface area is 163 Å². The van der Waals surface area contributed by atoms with E-state index >= 15 is 0 Å². The molecule has 1 aromatic rings. The van der Waals surface area contributed by atoms with E-state index in [1.165, 1.54) is 36.8 Å². The van der Waals surface area contributed by atoms with Crippen LogP contribution in [0.1, 0.15) is 36.3 Å². The van der Waals surface area contributed by atoms with E-state index < -0.39 is 0 Å². The fourth-order valence-corrected chi connectivity index (χ4v) is 3.66. The molecular weight excluding hydrogens is 413 g/mol. The molecule has 0 spiro atoms. The molecule has 0 saturated carbocycles. The Balaban J connectivity index is 0.00000208. The second-order valence-corrected chi connectivity index (χ2v) is 6.79. The van der Waals surface area contributed by atoms with Crippen molar-refractivity contribution in [3.8, 4) is 0 Å². The van der Waals surface area contributed by atoms with E-state index in [1.807, 2.05) is 7.05 Å². The van der Waals surface area contributed by atoms with Crippen molar-refractivity contribution in [3.63, 3.8) is 0 Å². The standard InChI is InChI=1S/C19H29N3O.HI/c1-20-19(22(2)10-7-15-8-11-23-12-9-15)21-14-17-13-16-5-3-4-6-18(16)17;/h3-6,15,17H,7-14H2,1-2H3,(H,20,21);1H. The number of nitrogens with one attached hydrogen (secondary N) is 1. The smallest absolute Gasteiger partial charge is 0.193 e. The normalized spacial score (nSPS) is 20.6. The number of hydrogen-bond acceptors (Lipinski definition) is 2. The SMILES string of the molecule is CN=C(NCC1Cc2ccccc21)N(C)CCC1CCOCC1.I. The van der Waals surface area contributed by atoms with Gasteiger partial charge in [-0.3, -0.25) is 4.99 Å². The average molecular weight is 443 g/mol. The first-order valence-electron chi connectivity index (χ1n) is 8.85. The summed E-state index contributed by atoms with van der Waals surface area (Å²) in [6, 6.07) is 8.76. The van der Waals surface area contributed by atoms with Gasteiger partial charge in [0.25, 0.3) is 0 Å². The topological polar surface area (TPSA) is 36.9 Å². The molecule has 2 aliphatic rings. The van der Waals surface area contributed by atoms with Gasteiger partial charge in [-0.15, -0.1) is 24.0 Å². The molecule has 1 aliphatic heterocycles. The van der Waals surface area contributed by atoms with Crippen molar-refractivity contribution < 1.29 is 4.74 Å². The number of halogens is 1. The van der Waals surface area contributed by atoms with E-state index in [0.29, 0.717) is 5.92 Å². The molecule has 24 heavy (non-hydrogen) atoms. The van der Waals surface area contributed by atoms with Crippen molar-refractivity contribution in [2.24, 2.45) is 10.9 Å². The molecule has 0 bridgehead atoms. The first kappa shape index (κ1) is 19.5. The molecule has 1 aromatic carbocycles. The van der Waals surface area contributed by atoms with E-state index in [-0.39, 0.29) is 24.0 Å². The zero-order chi connectivity index (χ0) is 16.1. The van der Waals surface area contributed by atoms with Crippen LogP contribution in [0.25, 0.3) is 0 Å². The monoisotopic (exact) mass is 443 g/mol. The third-order valence-corrected chi connectivity index (χ3v) is 5.25. The van der Waals surface area contributed by atoms with Crippen molar-refractivity contribution in [3.05, 3.63) is 35.4 Å². The summed E-state index contributed by atoms with van der Waals surface area (Å²) in [6.07, 6.45) is 4.83. The van der Waals surface area contributed by atoms with Crippen molar-refractivity contribution in [2.75, 3.05) is 40.4 Å². The Morgan fingerprint density at radius 2 is 2.04 bits per heavy atom. The zero-order valence-corrected chi connectivity index (χ0v) is 17.2. The van der Waals surface area contributed by atoms with Crippen molar-refractivity contribution >= 4 is 29.9 Å². The highest BCUT2D eigenvalue weighted by atomic mass is 127. The molecule has 1 saturated heterocycles. The van der Waals surface area contributed by atoms with Crippen LogP contribution in [0.5, 0.6) is 0 Å². The van der Waals surface area contributed by atoms with Gasteiger partial charge in [-0.1, -0.05) is 24.3 Å². The second-order valence-electron chi connectivity index (χ2n) is 6.79. The maximum Gasteiger partial charge on any atom is 0.193 e. The number of nitrogens with zero attached hydrogens (tertiary/aromatic N) is 2. The number of guanidine groups is 1. The maximum absolute atomic E-state index is 5.44. The van der Waals surface area contributed by atoms with Gasteiger partial charge in [-0.05, 0) is 42.7 Å². The van der Waals surface area contributed by atoms with E-state index in [2.05, 4.69) is 46.5 Å². The molecule has 0 aromatic heterocycles. The van der Waals surface area contributed by atoms with E-state index in [4.69, 9.17) is 4.74 Å². The maximum atomic E-state index is 5.44. The van der Waals surface area contributed by atoms with Gasteiger partial charge in [-0.2, -0.15) is 0 Å². The summed E-state index contributed by atoms with van der Waals surface area (Å²) in [5.41, 5.74) is 3.00. The van der Waals surface area contributed by atoms with E-state index in [1.54, 1.807) is 0 Å². The van der Waals surface area contributed by atoms with Crippen LogP contribution in [-0.2, 0) is 11.2 Å². The van der Waals surface area contributed by atoms with Crippen LogP contribution in [0.15, 0.2) is 29.3 Å². The van der Waals surface area contributed by atoms with Gasteiger partial charge in [0.1, 0.15) is 0 Å². The summed E-state index contributed by atoms with van der Waals surface area (Å²) in [5, 5.41) is 3.55. The Kier molecular flexibility index (Phi) is 7.81. The molecule has 4 nitrogen and oxygen atoms in total. The summed E-state index contributed by atoms with van der Waals surface area (Å²) in [5.74, 6) is 2.45. The lowest BCUT2D eigenvalue weighted by Crippen LogP contribution is -2.43. The molecule has 1 N–H and O–H groups in total. The minimum Gasteiger partial charge on any atom is -0.381 e. The molecular formula is C19H30IN3O. The Morgan fingerprint density at radius 1 is 1.29 bits per heavy atom. The van der Waals surface area contributed by atoms with Crippen LogP contribution >= 0.6 is 24.0 Å². The molecule has 3 rings (SSSR count). The molecule has 0 amide bonds. The fraction of sp³-hybridized carbons (Fsp3) is 0.632. The van der Waals surface area contributed by atoms with Gasteiger partial charge in [0.15, 0.2) is 5.96 Å². The number of benzene rings is 1. The summed E-state index contributed by atoms with van der Waals surface area (Å²) < 4.78 is 5.44. The van der Waals surface area contributed by atoms with Crippen LogP contribution in [0.4, 0.5) is 0 Å². The third-order valence-electron chi connectivity index (χ3n) is 5.25. The number of fused-ring (bicyclic) bond motifs is 1. The fourth-order valence-electron chi connectivity index (χ4n) is 3.66. The average Bonchev–Trinajstić information content (AvgIpc) is 2.58. The van der Waals surface area contributed by atoms with Gasteiger partial charge in [0.05, 0.1) is 0 Å². The van der Waals surface area contributed by atoms with Gasteiger partial charge >= 0.3 is 0 Å². The number of hydrogen-bond donors (Lipinski definition) is 1. The highest BCUT2D eigenvalue weighted by Gasteiger charge is 2.25. The number of rotatable bonds is 5. The molecule has 1 atom stereocenters. The molecule has 134 valence electrons. The number of aliphatic imine (C=N–C) groups is 1. The zero-order valence-electron chi connectivity index (χ0n) is 14.8. The summed E-state index contributed by atoms with van der Waals surface area (Å²) in [6.45, 7) is 3.90. The number of ether oxygens (including phenoxy) is 1. The van der Waals surface area contributed by atoms with Crippen LogP contribution < -0.4 is 5.32 Å². The molecule has 1 fully saturated rings. The van der Waals surface area contributed by atoms with Crippen LogP contribution in [0.3, 0.4) is 0 Å². The Morgan fingerprint density at radius 3 is 2.75 bits per heavy atom. The molecule has 0 radical (unpaired) electrons. The minimum absolute atomic E-state index is 0. The van der Waals surface area contributed by atoms with Crippen LogP contribution in [0, 0.1) is 5.92 Å². The largest absolute Gasteiger partial charge is 0.381 e. The van der Waals surface area contributed by atoms with Crippen LogP contribution in [0.2, 0.25) is 0 Å². The molecule has 1 unspecified atom stereocenters. The summed E-state index contributed by atoms with van der Waals surface area (Å²) >= 11 is 0. The second kappa shape index (κ2) is 9.61. The van der Waals surface area contributed by atoms with Gasteiger partial charge in [0.2, 0.25) is 0 Å². The lowest BCUT2D eigenvalue weighted by molar-refractivity contribution is 0.0625. The first-order valence-corrected chi connectivity index (χ1v) is 8.85. The van der Waals surface area contributed by atoms with Crippen molar-refractivity contribution in [1.29, 1.82) is 0 Å². The van der Waals surface area contributed by atoms with Crippen LogP contribution in [-0.4, -0.2) is 51.3 Å². The highest BCUT2D eigenvalue weighted by molar-refractivity contribution is 14.0. The highest BCUT2D eigenvalue weighted by Crippen LogP contribution is 2.34. The van der Waals surface area contributed by atoms with Gasteiger partial charge in [-0.25, -0.2) is 0 Å². The Bertz CT molecular complexity index is 543. The minimum atomic E-state index is 0.